The molecule has 3 aromatic heterocycles. The van der Waals surface area contributed by atoms with Gasteiger partial charge in [0.1, 0.15) is 11.3 Å². The molecule has 5 rings (SSSR count). The number of benzene rings is 1. The van der Waals surface area contributed by atoms with Gasteiger partial charge in [0, 0.05) is 62.0 Å². The summed E-state index contributed by atoms with van der Waals surface area (Å²) in [5.41, 5.74) is 2.94. The van der Waals surface area contributed by atoms with Crippen molar-refractivity contribution in [1.29, 1.82) is 0 Å². The average molecular weight is 454 g/mol. The van der Waals surface area contributed by atoms with E-state index in [9.17, 15) is 9.59 Å². The van der Waals surface area contributed by atoms with E-state index in [4.69, 9.17) is 16.0 Å². The highest BCUT2D eigenvalue weighted by molar-refractivity contribution is 6.30. The Morgan fingerprint density at radius 1 is 1.12 bits per heavy atom. The number of anilines is 1. The number of aryl methyl sites for hydroxylation is 2. The zero-order chi connectivity index (χ0) is 22.2. The average Bonchev–Trinajstić information content (AvgIpc) is 3.39. The van der Waals surface area contributed by atoms with Crippen molar-refractivity contribution in [2.45, 2.75) is 26.3 Å². The van der Waals surface area contributed by atoms with Crippen LogP contribution in [0.2, 0.25) is 5.02 Å². The molecule has 0 atom stereocenters. The fourth-order valence-electron chi connectivity index (χ4n) is 4.41. The maximum Gasteiger partial charge on any atom is 0.291 e. The summed E-state index contributed by atoms with van der Waals surface area (Å²) in [7, 11) is 0. The van der Waals surface area contributed by atoms with Crippen LogP contribution in [-0.4, -0.2) is 51.2 Å². The quantitative estimate of drug-likeness (QED) is 0.463. The van der Waals surface area contributed by atoms with Crippen molar-refractivity contribution in [3.8, 4) is 0 Å². The van der Waals surface area contributed by atoms with Crippen LogP contribution in [0.25, 0.3) is 16.6 Å². The molecular formula is C23H24ClN5O3. The zero-order valence-corrected chi connectivity index (χ0v) is 18.6. The molecule has 0 bridgehead atoms. The van der Waals surface area contributed by atoms with Crippen LogP contribution in [-0.2, 0) is 11.3 Å². The largest absolute Gasteiger partial charge is 0.463 e. The molecule has 1 amide bonds. The molecule has 32 heavy (non-hydrogen) atoms. The Morgan fingerprint density at radius 2 is 1.94 bits per heavy atom. The van der Waals surface area contributed by atoms with Gasteiger partial charge in [0.05, 0.1) is 11.8 Å². The minimum absolute atomic E-state index is 0.113. The molecule has 0 aliphatic carbocycles. The molecule has 1 aliphatic heterocycles. The van der Waals surface area contributed by atoms with Crippen LogP contribution >= 0.6 is 11.6 Å². The first kappa shape index (κ1) is 20.6. The van der Waals surface area contributed by atoms with Crippen molar-refractivity contribution < 1.29 is 9.21 Å². The number of carbonyl (C=O) groups is 1. The van der Waals surface area contributed by atoms with Gasteiger partial charge in [-0.1, -0.05) is 17.7 Å². The summed E-state index contributed by atoms with van der Waals surface area (Å²) in [5, 5.41) is 5.16. The molecule has 1 aromatic carbocycles. The van der Waals surface area contributed by atoms with Gasteiger partial charge in [0.2, 0.25) is 5.91 Å². The lowest BCUT2D eigenvalue weighted by Gasteiger charge is -2.36. The lowest BCUT2D eigenvalue weighted by atomic mass is 10.2. The number of aromatic nitrogens is 3. The van der Waals surface area contributed by atoms with Crippen molar-refractivity contribution in [2.24, 2.45) is 0 Å². The van der Waals surface area contributed by atoms with Gasteiger partial charge in [-0.05, 0) is 31.5 Å². The van der Waals surface area contributed by atoms with Crippen molar-refractivity contribution in [1.82, 2.24) is 19.1 Å². The molecule has 1 saturated heterocycles. The second-order valence-corrected chi connectivity index (χ2v) is 8.50. The van der Waals surface area contributed by atoms with Crippen LogP contribution in [0, 0.1) is 6.92 Å². The smallest absolute Gasteiger partial charge is 0.291 e. The number of fused-ring (bicyclic) bond motifs is 3. The lowest BCUT2D eigenvalue weighted by Crippen LogP contribution is -2.48. The third-order valence-corrected chi connectivity index (χ3v) is 6.27. The number of piperazine rings is 1. The SMILES string of the molecule is Cc1nn(CCCC(=O)N2CCN(c3cccc(Cl)c3)CC2)c(=O)c2cc3occc3n12. The summed E-state index contributed by atoms with van der Waals surface area (Å²) in [4.78, 5) is 29.7. The van der Waals surface area contributed by atoms with Gasteiger partial charge >= 0.3 is 0 Å². The molecule has 0 spiro atoms. The number of furan rings is 1. The normalized spacial score (nSPS) is 14.6. The summed E-state index contributed by atoms with van der Waals surface area (Å²) in [6.45, 7) is 5.17. The zero-order valence-electron chi connectivity index (χ0n) is 17.8. The van der Waals surface area contributed by atoms with E-state index in [-0.39, 0.29) is 11.5 Å². The third kappa shape index (κ3) is 3.75. The minimum atomic E-state index is -0.176. The molecule has 0 N–H and O–H groups in total. The number of amides is 1. The highest BCUT2D eigenvalue weighted by Crippen LogP contribution is 2.22. The molecule has 1 fully saturated rings. The summed E-state index contributed by atoms with van der Waals surface area (Å²) >= 11 is 6.09. The maximum absolute atomic E-state index is 12.8. The van der Waals surface area contributed by atoms with Crippen LogP contribution in [0.1, 0.15) is 18.7 Å². The number of rotatable bonds is 5. The van der Waals surface area contributed by atoms with E-state index in [1.807, 2.05) is 46.6 Å². The summed E-state index contributed by atoms with van der Waals surface area (Å²) in [6, 6.07) is 11.4. The van der Waals surface area contributed by atoms with Crippen LogP contribution in [0.3, 0.4) is 0 Å². The number of carbonyl (C=O) groups excluding carboxylic acids is 1. The molecular weight excluding hydrogens is 430 g/mol. The van der Waals surface area contributed by atoms with Gasteiger partial charge in [0.25, 0.3) is 5.56 Å². The Labute approximate surface area is 189 Å². The van der Waals surface area contributed by atoms with E-state index < -0.39 is 0 Å². The van der Waals surface area contributed by atoms with Crippen LogP contribution < -0.4 is 10.5 Å². The topological polar surface area (TPSA) is 76.0 Å². The Kier molecular flexibility index (Phi) is 5.38. The van der Waals surface area contributed by atoms with Crippen molar-refractivity contribution in [3.05, 3.63) is 63.9 Å². The van der Waals surface area contributed by atoms with E-state index >= 15 is 0 Å². The Morgan fingerprint density at radius 3 is 2.72 bits per heavy atom. The monoisotopic (exact) mass is 453 g/mol. The number of nitrogens with zero attached hydrogens (tertiary/aromatic N) is 5. The molecule has 166 valence electrons. The van der Waals surface area contributed by atoms with Gasteiger partial charge < -0.3 is 14.2 Å². The summed E-state index contributed by atoms with van der Waals surface area (Å²) in [6.07, 6.45) is 2.55. The van der Waals surface area contributed by atoms with Crippen LogP contribution in [0.15, 0.2) is 51.9 Å². The minimum Gasteiger partial charge on any atom is -0.463 e. The molecule has 0 radical (unpaired) electrons. The van der Waals surface area contributed by atoms with Gasteiger partial charge in [0.15, 0.2) is 5.58 Å². The molecule has 0 unspecified atom stereocenters. The summed E-state index contributed by atoms with van der Waals surface area (Å²) < 4.78 is 8.68. The van der Waals surface area contributed by atoms with Gasteiger partial charge in [-0.2, -0.15) is 5.10 Å². The van der Waals surface area contributed by atoms with E-state index in [1.165, 1.54) is 4.68 Å². The number of halogens is 1. The molecule has 0 saturated carbocycles. The molecule has 1 aliphatic rings. The Hall–Kier alpha value is -3.26. The first-order chi connectivity index (χ1) is 15.5. The van der Waals surface area contributed by atoms with Crippen molar-refractivity contribution >= 4 is 39.8 Å². The van der Waals surface area contributed by atoms with Gasteiger partial charge in [-0.15, -0.1) is 0 Å². The van der Waals surface area contributed by atoms with Gasteiger partial charge in [-0.25, -0.2) is 4.68 Å². The van der Waals surface area contributed by atoms with Crippen LogP contribution in [0.5, 0.6) is 0 Å². The molecule has 4 aromatic rings. The van der Waals surface area contributed by atoms with Gasteiger partial charge in [-0.3, -0.25) is 14.0 Å². The van der Waals surface area contributed by atoms with E-state index in [0.29, 0.717) is 54.4 Å². The maximum atomic E-state index is 12.8. The second kappa shape index (κ2) is 8.35. The van der Waals surface area contributed by atoms with Crippen LogP contribution in [0.4, 0.5) is 5.69 Å². The highest BCUT2D eigenvalue weighted by atomic mass is 35.5. The molecule has 9 heteroatoms. The van der Waals surface area contributed by atoms with E-state index in [1.54, 1.807) is 12.3 Å². The molecule has 8 nitrogen and oxygen atoms in total. The first-order valence-corrected chi connectivity index (χ1v) is 11.1. The first-order valence-electron chi connectivity index (χ1n) is 10.8. The van der Waals surface area contributed by atoms with Crippen molar-refractivity contribution in [2.75, 3.05) is 31.1 Å². The van der Waals surface area contributed by atoms with Crippen molar-refractivity contribution in [3.63, 3.8) is 0 Å². The van der Waals surface area contributed by atoms with E-state index in [0.717, 1.165) is 24.3 Å². The second-order valence-electron chi connectivity index (χ2n) is 8.06. The molecule has 4 heterocycles. The standard InChI is InChI=1S/C23H24ClN5O3/c1-16-25-28(23(31)20-15-21-19(29(16)20)7-13-32-21)8-3-6-22(30)27-11-9-26(10-12-27)18-5-2-4-17(24)14-18/h2,4-5,7,13-15H,3,6,8-12H2,1H3. The van der Waals surface area contributed by atoms with E-state index in [2.05, 4.69) is 10.00 Å². The lowest BCUT2D eigenvalue weighted by molar-refractivity contribution is -0.131. The predicted molar refractivity (Wildman–Crippen MR) is 123 cm³/mol. The number of hydrogen-bond acceptors (Lipinski definition) is 5. The summed E-state index contributed by atoms with van der Waals surface area (Å²) in [5.74, 6) is 0.821. The highest BCUT2D eigenvalue weighted by Gasteiger charge is 2.21. The predicted octanol–water partition coefficient (Wildman–Crippen LogP) is 3.33. The fraction of sp³-hybridized carbons (Fsp3) is 0.348. The Bertz CT molecular complexity index is 1350. The Balaban J connectivity index is 1.19. The third-order valence-electron chi connectivity index (χ3n) is 6.03. The number of hydrogen-bond donors (Lipinski definition) is 0. The fourth-order valence-corrected chi connectivity index (χ4v) is 4.59.